The van der Waals surface area contributed by atoms with Crippen molar-refractivity contribution in [2.24, 2.45) is 5.92 Å². The monoisotopic (exact) mass is 340 g/mol. The number of benzene rings is 1. The third-order valence-electron chi connectivity index (χ3n) is 4.04. The van der Waals surface area contributed by atoms with Gasteiger partial charge in [0.15, 0.2) is 0 Å². The number of piperidine rings is 1. The summed E-state index contributed by atoms with van der Waals surface area (Å²) in [5.74, 6) is 0.937. The molecule has 1 saturated heterocycles. The number of hydrogen-bond acceptors (Lipinski definition) is 4. The van der Waals surface area contributed by atoms with Gasteiger partial charge in [-0.2, -0.15) is 0 Å². The van der Waals surface area contributed by atoms with E-state index in [0.29, 0.717) is 25.3 Å². The highest BCUT2D eigenvalue weighted by molar-refractivity contribution is 7.88. The van der Waals surface area contributed by atoms with Crippen LogP contribution in [0.5, 0.6) is 5.75 Å². The first-order valence-electron chi connectivity index (χ1n) is 7.73. The van der Waals surface area contributed by atoms with Crippen molar-refractivity contribution in [2.75, 3.05) is 33.0 Å². The Labute approximate surface area is 137 Å². The van der Waals surface area contributed by atoms with E-state index in [1.54, 1.807) is 7.11 Å². The molecule has 0 aliphatic carbocycles. The fourth-order valence-electron chi connectivity index (χ4n) is 2.85. The number of nitrogens with zero attached hydrogens (tertiary/aromatic N) is 1. The zero-order valence-electron chi connectivity index (χ0n) is 13.6. The van der Waals surface area contributed by atoms with Crippen molar-refractivity contribution in [1.82, 2.24) is 9.62 Å². The fourth-order valence-corrected chi connectivity index (χ4v) is 3.39. The van der Waals surface area contributed by atoms with Gasteiger partial charge in [0, 0.05) is 25.2 Å². The molecule has 23 heavy (non-hydrogen) atoms. The molecule has 7 heteroatoms. The average molecular weight is 340 g/mol. The van der Waals surface area contributed by atoms with E-state index in [-0.39, 0.29) is 11.8 Å². The van der Waals surface area contributed by atoms with Gasteiger partial charge in [-0.1, -0.05) is 18.2 Å². The van der Waals surface area contributed by atoms with E-state index in [4.69, 9.17) is 4.74 Å². The number of nitrogens with one attached hydrogen (secondary N) is 1. The molecule has 1 aromatic rings. The van der Waals surface area contributed by atoms with E-state index in [1.807, 2.05) is 29.2 Å². The lowest BCUT2D eigenvalue weighted by molar-refractivity contribution is -0.132. The number of para-hydroxylation sites is 1. The second kappa shape index (κ2) is 7.79. The molecule has 1 amide bonds. The number of methoxy groups -OCH3 is 1. The standard InChI is InChI=1S/C16H24N2O4S/c1-22-15-8-4-3-7-14(15)10-16(19)18-9-5-6-13(12-18)11-17-23(2,20)21/h3-4,7-8,13,17H,5-6,9-12H2,1-2H3/t13-/m1/s1. The van der Waals surface area contributed by atoms with Crippen LogP contribution in [0.3, 0.4) is 0 Å². The quantitative estimate of drug-likeness (QED) is 0.839. The molecule has 0 saturated carbocycles. The third kappa shape index (κ3) is 5.51. The van der Waals surface area contributed by atoms with Crippen molar-refractivity contribution in [3.63, 3.8) is 0 Å². The number of carbonyl (C=O) groups is 1. The summed E-state index contributed by atoms with van der Waals surface area (Å²) in [4.78, 5) is 14.3. The Morgan fingerprint density at radius 2 is 2.13 bits per heavy atom. The summed E-state index contributed by atoms with van der Waals surface area (Å²) in [6.07, 6.45) is 3.28. The van der Waals surface area contributed by atoms with Gasteiger partial charge in [0.25, 0.3) is 0 Å². The molecule has 1 fully saturated rings. The molecule has 1 aliphatic heterocycles. The number of ether oxygens (including phenoxy) is 1. The summed E-state index contributed by atoms with van der Waals surface area (Å²) >= 11 is 0. The van der Waals surface area contributed by atoms with Crippen molar-refractivity contribution < 1.29 is 17.9 Å². The van der Waals surface area contributed by atoms with Crippen LogP contribution in [-0.2, 0) is 21.2 Å². The van der Waals surface area contributed by atoms with E-state index in [9.17, 15) is 13.2 Å². The van der Waals surface area contributed by atoms with Crippen LogP contribution >= 0.6 is 0 Å². The van der Waals surface area contributed by atoms with Crippen LogP contribution in [0.2, 0.25) is 0 Å². The Bertz CT molecular complexity index is 645. The maximum Gasteiger partial charge on any atom is 0.227 e. The Hall–Kier alpha value is -1.60. The zero-order chi connectivity index (χ0) is 16.9. The van der Waals surface area contributed by atoms with Crippen molar-refractivity contribution in [2.45, 2.75) is 19.3 Å². The van der Waals surface area contributed by atoms with Gasteiger partial charge in [-0.3, -0.25) is 4.79 Å². The summed E-state index contributed by atoms with van der Waals surface area (Å²) < 4.78 is 30.2. The number of amides is 1. The largest absolute Gasteiger partial charge is 0.496 e. The highest BCUT2D eigenvalue weighted by Crippen LogP contribution is 2.21. The minimum Gasteiger partial charge on any atom is -0.496 e. The van der Waals surface area contributed by atoms with E-state index in [1.165, 1.54) is 0 Å². The molecule has 1 aliphatic rings. The number of carbonyl (C=O) groups excluding carboxylic acids is 1. The second-order valence-electron chi connectivity index (χ2n) is 5.96. The lowest BCUT2D eigenvalue weighted by Gasteiger charge is -2.33. The van der Waals surface area contributed by atoms with E-state index >= 15 is 0 Å². The summed E-state index contributed by atoms with van der Waals surface area (Å²) in [7, 11) is -1.59. The molecule has 1 atom stereocenters. The van der Waals surface area contributed by atoms with Crippen LogP contribution < -0.4 is 9.46 Å². The Balaban J connectivity index is 1.94. The lowest BCUT2D eigenvalue weighted by Crippen LogP contribution is -2.44. The van der Waals surface area contributed by atoms with Crippen molar-refractivity contribution >= 4 is 15.9 Å². The molecule has 0 unspecified atom stereocenters. The second-order valence-corrected chi connectivity index (χ2v) is 7.79. The molecule has 0 spiro atoms. The van der Waals surface area contributed by atoms with Crippen molar-refractivity contribution in [1.29, 1.82) is 0 Å². The molecule has 1 N–H and O–H groups in total. The van der Waals surface area contributed by atoms with E-state index in [0.717, 1.165) is 31.2 Å². The Morgan fingerprint density at radius 1 is 1.39 bits per heavy atom. The molecule has 0 radical (unpaired) electrons. The van der Waals surface area contributed by atoms with Gasteiger partial charge in [-0.15, -0.1) is 0 Å². The van der Waals surface area contributed by atoms with Crippen LogP contribution in [0.4, 0.5) is 0 Å². The molecule has 0 bridgehead atoms. The first-order valence-corrected chi connectivity index (χ1v) is 9.62. The van der Waals surface area contributed by atoms with Gasteiger partial charge in [-0.25, -0.2) is 13.1 Å². The van der Waals surface area contributed by atoms with Crippen molar-refractivity contribution in [3.05, 3.63) is 29.8 Å². The summed E-state index contributed by atoms with van der Waals surface area (Å²) in [6.45, 7) is 1.71. The molecule has 1 heterocycles. The number of rotatable bonds is 6. The van der Waals surface area contributed by atoms with E-state index in [2.05, 4.69) is 4.72 Å². The van der Waals surface area contributed by atoms with Gasteiger partial charge in [-0.05, 0) is 24.8 Å². The predicted octanol–water partition coefficient (Wildman–Crippen LogP) is 1.03. The number of sulfonamides is 1. The average Bonchev–Trinajstić information content (AvgIpc) is 2.53. The highest BCUT2D eigenvalue weighted by Gasteiger charge is 2.24. The maximum absolute atomic E-state index is 12.5. The highest BCUT2D eigenvalue weighted by atomic mass is 32.2. The maximum atomic E-state index is 12.5. The minimum absolute atomic E-state index is 0.0542. The van der Waals surface area contributed by atoms with Crippen LogP contribution in [0.1, 0.15) is 18.4 Å². The van der Waals surface area contributed by atoms with Crippen LogP contribution in [0.15, 0.2) is 24.3 Å². The zero-order valence-corrected chi connectivity index (χ0v) is 14.4. The first-order chi connectivity index (χ1) is 10.9. The minimum atomic E-state index is -3.19. The topological polar surface area (TPSA) is 75.7 Å². The molecular weight excluding hydrogens is 316 g/mol. The summed E-state index contributed by atoms with van der Waals surface area (Å²) in [5, 5.41) is 0. The molecule has 0 aromatic heterocycles. The number of hydrogen-bond donors (Lipinski definition) is 1. The molecular formula is C16H24N2O4S. The summed E-state index contributed by atoms with van der Waals surface area (Å²) in [5.41, 5.74) is 0.872. The Kier molecular flexibility index (Phi) is 6.01. The number of likely N-dealkylation sites (tertiary alicyclic amines) is 1. The predicted molar refractivity (Wildman–Crippen MR) is 88.8 cm³/mol. The summed E-state index contributed by atoms with van der Waals surface area (Å²) in [6, 6.07) is 7.50. The van der Waals surface area contributed by atoms with Gasteiger partial charge in [0.2, 0.25) is 15.9 Å². The van der Waals surface area contributed by atoms with Crippen LogP contribution in [0.25, 0.3) is 0 Å². The van der Waals surface area contributed by atoms with Gasteiger partial charge < -0.3 is 9.64 Å². The lowest BCUT2D eigenvalue weighted by atomic mass is 9.97. The molecule has 128 valence electrons. The van der Waals surface area contributed by atoms with Gasteiger partial charge in [0.1, 0.15) is 5.75 Å². The van der Waals surface area contributed by atoms with E-state index < -0.39 is 10.0 Å². The fraction of sp³-hybridized carbons (Fsp3) is 0.562. The molecule has 1 aromatic carbocycles. The van der Waals surface area contributed by atoms with Gasteiger partial charge >= 0.3 is 0 Å². The van der Waals surface area contributed by atoms with Gasteiger partial charge in [0.05, 0.1) is 19.8 Å². The SMILES string of the molecule is COc1ccccc1CC(=O)N1CCC[C@H](CNS(C)(=O)=O)C1. The van der Waals surface area contributed by atoms with Crippen molar-refractivity contribution in [3.8, 4) is 5.75 Å². The molecule has 6 nitrogen and oxygen atoms in total. The Morgan fingerprint density at radius 3 is 2.83 bits per heavy atom. The normalized spacial score (nSPS) is 18.7. The third-order valence-corrected chi connectivity index (χ3v) is 4.73. The first kappa shape index (κ1) is 17.7. The van der Waals surface area contributed by atoms with Crippen LogP contribution in [-0.4, -0.2) is 52.2 Å². The molecule has 2 rings (SSSR count). The smallest absolute Gasteiger partial charge is 0.227 e. The van der Waals surface area contributed by atoms with Crippen LogP contribution in [0, 0.1) is 5.92 Å².